The van der Waals surface area contributed by atoms with Gasteiger partial charge in [-0.05, 0) is 13.3 Å². The minimum Gasteiger partial charge on any atom is -0.481 e. The number of imidazole rings is 1. The number of hydrogen-bond acceptors (Lipinski definition) is 4. The van der Waals surface area contributed by atoms with E-state index in [4.69, 9.17) is 5.11 Å². The fraction of sp³-hybridized carbons (Fsp3) is 0.714. The smallest absolute Gasteiger partial charge is 0.313 e. The molecule has 0 bridgehead atoms. The first-order valence-electron chi connectivity index (χ1n) is 6.85. The quantitative estimate of drug-likeness (QED) is 0.777. The van der Waals surface area contributed by atoms with Crippen molar-refractivity contribution in [2.75, 3.05) is 17.8 Å². The van der Waals surface area contributed by atoms with Crippen molar-refractivity contribution in [1.29, 1.82) is 0 Å². The summed E-state index contributed by atoms with van der Waals surface area (Å²) >= 11 is 1.23. The molecule has 0 spiro atoms. The van der Waals surface area contributed by atoms with E-state index in [1.807, 2.05) is 6.20 Å². The van der Waals surface area contributed by atoms with Gasteiger partial charge in [-0.25, -0.2) is 4.98 Å². The lowest BCUT2D eigenvalue weighted by molar-refractivity contribution is -0.133. The molecule has 0 aliphatic carbocycles. The van der Waals surface area contributed by atoms with Crippen LogP contribution in [0.5, 0.6) is 0 Å². The molecule has 1 rings (SSSR count). The Morgan fingerprint density at radius 2 is 2.14 bits per heavy atom. The Balaban J connectivity index is 3.06. The van der Waals surface area contributed by atoms with Gasteiger partial charge in [0.1, 0.15) is 0 Å². The van der Waals surface area contributed by atoms with Crippen LogP contribution in [0.15, 0.2) is 11.4 Å². The standard InChI is InChI=1S/C14H24N2O3S2/c1-10(6-7-21(5)19)16-11(14(2,3)4)8-15-13(16)20-9-12(17)18/h8,10H,6-7,9H2,1-5H3,(H,17,18). The van der Waals surface area contributed by atoms with Gasteiger partial charge in [0.2, 0.25) is 0 Å². The van der Waals surface area contributed by atoms with Gasteiger partial charge in [-0.2, -0.15) is 0 Å². The average molecular weight is 332 g/mol. The molecule has 2 unspecified atom stereocenters. The maximum atomic E-state index is 11.3. The van der Waals surface area contributed by atoms with Gasteiger partial charge < -0.3 is 9.67 Å². The lowest BCUT2D eigenvalue weighted by Gasteiger charge is -2.26. The molecule has 0 radical (unpaired) electrons. The minimum atomic E-state index is -0.853. The Kier molecular flexibility index (Phi) is 6.46. The van der Waals surface area contributed by atoms with Gasteiger partial charge in [0.25, 0.3) is 0 Å². The van der Waals surface area contributed by atoms with E-state index in [9.17, 15) is 9.00 Å². The van der Waals surface area contributed by atoms with Gasteiger partial charge >= 0.3 is 5.97 Å². The normalized spacial score (nSPS) is 14.9. The lowest BCUT2D eigenvalue weighted by atomic mass is 9.92. The van der Waals surface area contributed by atoms with E-state index >= 15 is 0 Å². The number of aromatic nitrogens is 2. The topological polar surface area (TPSA) is 72.2 Å². The number of thioether (sulfide) groups is 1. The Labute approximate surface area is 133 Å². The van der Waals surface area contributed by atoms with Crippen LogP contribution in [-0.2, 0) is 21.0 Å². The van der Waals surface area contributed by atoms with Crippen LogP contribution >= 0.6 is 11.8 Å². The van der Waals surface area contributed by atoms with Crippen LogP contribution < -0.4 is 0 Å². The van der Waals surface area contributed by atoms with Crippen molar-refractivity contribution in [2.24, 2.45) is 0 Å². The Morgan fingerprint density at radius 1 is 1.52 bits per heavy atom. The van der Waals surface area contributed by atoms with Gasteiger partial charge in [0.05, 0.1) is 5.75 Å². The number of carbonyl (C=O) groups is 1. The summed E-state index contributed by atoms with van der Waals surface area (Å²) in [5.74, 6) is -0.229. The van der Waals surface area contributed by atoms with E-state index in [1.54, 1.807) is 6.26 Å². The molecule has 120 valence electrons. The fourth-order valence-corrected chi connectivity index (χ4v) is 3.49. The van der Waals surface area contributed by atoms with Crippen molar-refractivity contribution >= 4 is 28.5 Å². The molecule has 0 fully saturated rings. The summed E-state index contributed by atoms with van der Waals surface area (Å²) in [6.07, 6.45) is 4.30. The van der Waals surface area contributed by atoms with E-state index in [1.165, 1.54) is 11.8 Å². The molecule has 1 N–H and O–H groups in total. The maximum Gasteiger partial charge on any atom is 0.313 e. The van der Waals surface area contributed by atoms with Crippen molar-refractivity contribution in [1.82, 2.24) is 9.55 Å². The largest absolute Gasteiger partial charge is 0.481 e. The zero-order valence-electron chi connectivity index (χ0n) is 13.3. The molecule has 1 aromatic rings. The van der Waals surface area contributed by atoms with Gasteiger partial charge in [-0.1, -0.05) is 32.5 Å². The van der Waals surface area contributed by atoms with Crippen LogP contribution in [0.1, 0.15) is 45.9 Å². The summed E-state index contributed by atoms with van der Waals surface area (Å²) < 4.78 is 13.4. The summed E-state index contributed by atoms with van der Waals surface area (Å²) in [5, 5.41) is 9.57. The highest BCUT2D eigenvalue weighted by Gasteiger charge is 2.25. The van der Waals surface area contributed by atoms with E-state index < -0.39 is 16.8 Å². The number of nitrogens with zero attached hydrogens (tertiary/aromatic N) is 2. The van der Waals surface area contributed by atoms with Crippen molar-refractivity contribution in [3.63, 3.8) is 0 Å². The van der Waals surface area contributed by atoms with Crippen LogP contribution in [0.3, 0.4) is 0 Å². The zero-order valence-corrected chi connectivity index (χ0v) is 14.9. The monoisotopic (exact) mass is 332 g/mol. The molecule has 1 heterocycles. The van der Waals surface area contributed by atoms with Gasteiger partial charge in [-0.15, -0.1) is 0 Å². The first kappa shape index (κ1) is 18.2. The highest BCUT2D eigenvalue weighted by molar-refractivity contribution is 7.99. The third-order valence-corrected chi connectivity index (χ3v) is 4.88. The van der Waals surface area contributed by atoms with Gasteiger partial charge in [0.15, 0.2) is 5.16 Å². The number of carboxylic acid groups (broad SMARTS) is 1. The summed E-state index contributed by atoms with van der Waals surface area (Å²) in [5.41, 5.74) is 0.999. The molecule has 0 aliphatic rings. The third kappa shape index (κ3) is 5.47. The number of carboxylic acids is 1. The summed E-state index contributed by atoms with van der Waals surface area (Å²) in [4.78, 5) is 15.2. The molecule has 7 heteroatoms. The van der Waals surface area contributed by atoms with E-state index in [0.717, 1.165) is 17.3 Å². The molecule has 0 amide bonds. The van der Waals surface area contributed by atoms with Crippen LogP contribution in [0.4, 0.5) is 0 Å². The summed E-state index contributed by atoms with van der Waals surface area (Å²) in [7, 11) is -0.828. The molecular formula is C14H24N2O3S2. The van der Waals surface area contributed by atoms with Crippen LogP contribution in [0.25, 0.3) is 0 Å². The Hall–Kier alpha value is -0.820. The summed E-state index contributed by atoms with van der Waals surface area (Å²) in [6, 6.07) is 0.141. The molecule has 0 aromatic carbocycles. The Morgan fingerprint density at radius 3 is 2.62 bits per heavy atom. The molecule has 21 heavy (non-hydrogen) atoms. The van der Waals surface area contributed by atoms with Crippen molar-refractivity contribution < 1.29 is 14.1 Å². The summed E-state index contributed by atoms with van der Waals surface area (Å²) in [6.45, 7) is 8.39. The molecule has 0 saturated carbocycles. The highest BCUT2D eigenvalue weighted by atomic mass is 32.2. The van der Waals surface area contributed by atoms with E-state index in [2.05, 4.69) is 37.2 Å². The maximum absolute atomic E-state index is 11.3. The first-order chi connectivity index (χ1) is 9.62. The van der Waals surface area contributed by atoms with Crippen molar-refractivity contribution in [3.05, 3.63) is 11.9 Å². The molecule has 5 nitrogen and oxygen atoms in total. The predicted molar refractivity (Wildman–Crippen MR) is 87.5 cm³/mol. The molecule has 0 aliphatic heterocycles. The Bertz CT molecular complexity index is 521. The number of hydrogen-bond donors (Lipinski definition) is 1. The van der Waals surface area contributed by atoms with Crippen LogP contribution in [-0.4, -0.2) is 42.6 Å². The third-order valence-electron chi connectivity index (χ3n) is 3.12. The van der Waals surface area contributed by atoms with E-state index in [0.29, 0.717) is 5.75 Å². The second-order valence-electron chi connectivity index (χ2n) is 6.14. The molecule has 2 atom stereocenters. The number of aliphatic carboxylic acids is 1. The predicted octanol–water partition coefficient (Wildman–Crippen LogP) is 2.69. The second-order valence-corrected chi connectivity index (χ2v) is 8.64. The van der Waals surface area contributed by atoms with Crippen molar-refractivity contribution in [3.8, 4) is 0 Å². The van der Waals surface area contributed by atoms with Crippen LogP contribution in [0, 0.1) is 0 Å². The molecule has 0 saturated heterocycles. The average Bonchev–Trinajstić information content (AvgIpc) is 2.77. The number of rotatable bonds is 7. The SMILES string of the molecule is CC(CCS(C)=O)n1c(C(C)(C)C)cnc1SCC(=O)O. The second kappa shape index (κ2) is 7.45. The molecule has 1 aromatic heterocycles. The minimum absolute atomic E-state index is 0.00692. The van der Waals surface area contributed by atoms with Crippen LogP contribution in [0.2, 0.25) is 0 Å². The zero-order chi connectivity index (χ0) is 16.2. The van der Waals surface area contributed by atoms with E-state index in [-0.39, 0.29) is 17.2 Å². The van der Waals surface area contributed by atoms with Crippen molar-refractivity contribution in [2.45, 2.75) is 50.7 Å². The lowest BCUT2D eigenvalue weighted by Crippen LogP contribution is -2.21. The first-order valence-corrected chi connectivity index (χ1v) is 9.56. The van der Waals surface area contributed by atoms with Gasteiger partial charge in [-0.3, -0.25) is 9.00 Å². The fourth-order valence-electron chi connectivity index (χ4n) is 2.02. The highest BCUT2D eigenvalue weighted by Crippen LogP contribution is 2.31. The van der Waals surface area contributed by atoms with Gasteiger partial charge in [0, 0.05) is 46.2 Å². The molecular weight excluding hydrogens is 308 g/mol.